The molecule has 0 aliphatic rings. The Morgan fingerprint density at radius 1 is 0.667 bits per heavy atom. The first-order chi connectivity index (χ1) is 24.5. The van der Waals surface area contributed by atoms with Gasteiger partial charge in [-0.2, -0.15) is 0 Å². The number of likely N-dealkylation sites (N-methyl/N-ethyl adjacent to an activating group) is 1. The number of quaternary nitrogens is 1. The van der Waals surface area contributed by atoms with E-state index in [1.54, 1.807) is 0 Å². The molecule has 0 spiro atoms. The lowest BCUT2D eigenvalue weighted by molar-refractivity contribution is -0.870. The third kappa shape index (κ3) is 37.4. The summed E-state index contributed by atoms with van der Waals surface area (Å²) in [4.78, 5) is 25.3. The Balaban J connectivity index is 4.36. The number of carbonyl (C=O) groups is 1. The summed E-state index contributed by atoms with van der Waals surface area (Å²) < 4.78 is 23.2. The maximum Gasteiger partial charge on any atom is 0.268 e. The van der Waals surface area contributed by atoms with Gasteiger partial charge in [0.05, 0.1) is 39.9 Å². The lowest BCUT2D eigenvalue weighted by Gasteiger charge is -2.30. The second-order valence-electron chi connectivity index (χ2n) is 16.1. The highest BCUT2D eigenvalue weighted by Gasteiger charge is 2.24. The van der Waals surface area contributed by atoms with Gasteiger partial charge in [-0.05, 0) is 38.5 Å². The maximum atomic E-state index is 12.8. The van der Waals surface area contributed by atoms with Crippen LogP contribution in [0.25, 0.3) is 0 Å². The molecule has 0 saturated carbocycles. The molecular weight excluding hydrogens is 659 g/mol. The monoisotopic (exact) mass is 745 g/mol. The third-order valence-electron chi connectivity index (χ3n) is 9.75. The molecule has 0 aromatic carbocycles. The first-order valence-electron chi connectivity index (χ1n) is 21.5. The summed E-state index contributed by atoms with van der Waals surface area (Å²) in [5, 5.41) is 13.9. The molecule has 304 valence electrons. The fourth-order valence-corrected chi connectivity index (χ4v) is 6.99. The molecule has 1 amide bonds. The van der Waals surface area contributed by atoms with Crippen LogP contribution in [0.3, 0.4) is 0 Å². The van der Waals surface area contributed by atoms with E-state index in [0.29, 0.717) is 23.9 Å². The number of phosphoric acid groups is 1. The van der Waals surface area contributed by atoms with E-state index < -0.39 is 20.0 Å². The molecule has 3 atom stereocenters. The molecule has 2 N–H and O–H groups in total. The number of nitrogens with one attached hydrogen (secondary N) is 1. The van der Waals surface area contributed by atoms with Gasteiger partial charge in [0.2, 0.25) is 5.91 Å². The number of allylic oxidation sites excluding steroid dienone is 2. The highest BCUT2D eigenvalue weighted by atomic mass is 31.2. The SMILES string of the molecule is CCCCCCCC/C=C/CCCCCCCCCC(=O)N[C@@H](COP(=O)([O-])OCC[N+](C)(C)C)[C@H](O)CCCCCCCCCCCCCC. The van der Waals surface area contributed by atoms with Crippen LogP contribution < -0.4 is 10.2 Å². The Bertz CT molecular complexity index is 850. The van der Waals surface area contributed by atoms with Crippen molar-refractivity contribution in [2.24, 2.45) is 0 Å². The molecule has 0 heterocycles. The standard InChI is InChI=1S/C42H85N2O6P/c1-6-8-10-12-14-16-18-20-21-22-23-24-26-28-30-32-34-36-42(46)43-40(39-50-51(47,48)49-38-37-44(3,4)5)41(45)35-33-31-29-27-25-19-17-15-13-11-9-7-2/h20-21,40-41,45H,6-19,22-39H2,1-5H3,(H-,43,46,47,48)/b21-20+/t40-,41+/m0/s1. The van der Waals surface area contributed by atoms with Crippen molar-refractivity contribution in [2.45, 2.75) is 212 Å². The minimum absolute atomic E-state index is 0.0130. The predicted octanol–water partition coefficient (Wildman–Crippen LogP) is 10.9. The van der Waals surface area contributed by atoms with Gasteiger partial charge in [0.15, 0.2) is 0 Å². The van der Waals surface area contributed by atoms with Crippen molar-refractivity contribution in [3.63, 3.8) is 0 Å². The summed E-state index contributed by atoms with van der Waals surface area (Å²) in [6, 6.07) is -0.797. The molecule has 0 aliphatic heterocycles. The van der Waals surface area contributed by atoms with Crippen molar-refractivity contribution >= 4 is 13.7 Å². The maximum absolute atomic E-state index is 12.8. The number of unbranched alkanes of at least 4 members (excludes halogenated alkanes) is 24. The van der Waals surface area contributed by atoms with Crippen LogP contribution >= 0.6 is 7.82 Å². The van der Waals surface area contributed by atoms with Crippen LogP contribution in [0, 0.1) is 0 Å². The molecule has 0 fully saturated rings. The van der Waals surface area contributed by atoms with Crippen molar-refractivity contribution in [3.05, 3.63) is 12.2 Å². The number of amides is 1. The van der Waals surface area contributed by atoms with Gasteiger partial charge in [-0.1, -0.05) is 167 Å². The summed E-state index contributed by atoms with van der Waals surface area (Å²) in [5.74, 6) is -0.170. The zero-order chi connectivity index (χ0) is 37.9. The smallest absolute Gasteiger partial charge is 0.268 e. The fraction of sp³-hybridized carbons (Fsp3) is 0.929. The van der Waals surface area contributed by atoms with E-state index >= 15 is 0 Å². The topological polar surface area (TPSA) is 108 Å². The number of nitrogens with zero attached hydrogens (tertiary/aromatic N) is 1. The molecule has 0 bridgehead atoms. The Morgan fingerprint density at radius 2 is 1.08 bits per heavy atom. The minimum atomic E-state index is -4.56. The number of hydrogen-bond donors (Lipinski definition) is 2. The largest absolute Gasteiger partial charge is 0.756 e. The van der Waals surface area contributed by atoms with Gasteiger partial charge >= 0.3 is 0 Å². The van der Waals surface area contributed by atoms with Crippen LogP contribution in [0.4, 0.5) is 0 Å². The summed E-state index contributed by atoms with van der Waals surface area (Å²) in [7, 11) is 1.30. The van der Waals surface area contributed by atoms with Crippen molar-refractivity contribution in [1.29, 1.82) is 0 Å². The van der Waals surface area contributed by atoms with Crippen LogP contribution in [0.15, 0.2) is 12.2 Å². The van der Waals surface area contributed by atoms with E-state index in [-0.39, 0.29) is 19.1 Å². The minimum Gasteiger partial charge on any atom is -0.756 e. The number of aliphatic hydroxyl groups is 1. The van der Waals surface area contributed by atoms with Crippen molar-refractivity contribution < 1.29 is 32.9 Å². The van der Waals surface area contributed by atoms with Crippen molar-refractivity contribution in [2.75, 3.05) is 40.9 Å². The van der Waals surface area contributed by atoms with Gasteiger partial charge in [0.25, 0.3) is 7.82 Å². The molecule has 0 saturated heterocycles. The Morgan fingerprint density at radius 3 is 1.53 bits per heavy atom. The van der Waals surface area contributed by atoms with Crippen LogP contribution in [-0.4, -0.2) is 68.5 Å². The molecule has 0 aromatic heterocycles. The second-order valence-corrected chi connectivity index (χ2v) is 17.5. The normalized spacial score (nSPS) is 14.6. The zero-order valence-electron chi connectivity index (χ0n) is 34.3. The number of phosphoric ester groups is 1. The molecule has 0 radical (unpaired) electrons. The van der Waals surface area contributed by atoms with Crippen molar-refractivity contribution in [3.8, 4) is 0 Å². The predicted molar refractivity (Wildman–Crippen MR) is 215 cm³/mol. The number of rotatable bonds is 39. The van der Waals surface area contributed by atoms with Gasteiger partial charge in [-0.15, -0.1) is 0 Å². The van der Waals surface area contributed by atoms with E-state index in [9.17, 15) is 19.4 Å². The van der Waals surface area contributed by atoms with Crippen molar-refractivity contribution in [1.82, 2.24) is 5.32 Å². The molecule has 0 aliphatic carbocycles. The molecule has 0 aromatic rings. The molecule has 1 unspecified atom stereocenters. The molecule has 9 heteroatoms. The molecule has 8 nitrogen and oxygen atoms in total. The average Bonchev–Trinajstić information content (AvgIpc) is 3.07. The quantitative estimate of drug-likeness (QED) is 0.0281. The van der Waals surface area contributed by atoms with E-state index in [1.807, 2.05) is 21.1 Å². The van der Waals surface area contributed by atoms with Gasteiger partial charge in [0.1, 0.15) is 13.2 Å². The van der Waals surface area contributed by atoms with Crippen LogP contribution in [-0.2, 0) is 18.4 Å². The lowest BCUT2D eigenvalue weighted by Crippen LogP contribution is -2.46. The highest BCUT2D eigenvalue weighted by molar-refractivity contribution is 7.45. The van der Waals surface area contributed by atoms with Gasteiger partial charge in [-0.3, -0.25) is 9.36 Å². The highest BCUT2D eigenvalue weighted by Crippen LogP contribution is 2.38. The fourth-order valence-electron chi connectivity index (χ4n) is 6.27. The Labute approximate surface area is 316 Å². The van der Waals surface area contributed by atoms with E-state index in [1.165, 1.54) is 135 Å². The summed E-state index contributed by atoms with van der Waals surface area (Å²) >= 11 is 0. The lowest BCUT2D eigenvalue weighted by atomic mass is 10.0. The molecule has 0 rings (SSSR count). The Kier molecular flexibility index (Phi) is 34.5. The molecular formula is C42H85N2O6P. The van der Waals surface area contributed by atoms with E-state index in [4.69, 9.17) is 9.05 Å². The second kappa shape index (κ2) is 35.0. The number of hydrogen-bond acceptors (Lipinski definition) is 6. The summed E-state index contributed by atoms with van der Waals surface area (Å²) in [5.41, 5.74) is 0. The Hall–Kier alpha value is -0.760. The van der Waals surface area contributed by atoms with E-state index in [2.05, 4.69) is 31.3 Å². The summed E-state index contributed by atoms with van der Waals surface area (Å²) in [6.45, 7) is 4.70. The number of aliphatic hydroxyl groups excluding tert-OH is 1. The zero-order valence-corrected chi connectivity index (χ0v) is 35.2. The van der Waals surface area contributed by atoms with E-state index in [0.717, 1.165) is 38.5 Å². The van der Waals surface area contributed by atoms with Crippen LogP contribution in [0.2, 0.25) is 0 Å². The summed E-state index contributed by atoms with van der Waals surface area (Å²) in [6.07, 6.45) is 37.8. The first kappa shape index (κ1) is 50.2. The van der Waals surface area contributed by atoms with Crippen LogP contribution in [0.1, 0.15) is 200 Å². The van der Waals surface area contributed by atoms with Gasteiger partial charge < -0.3 is 28.8 Å². The van der Waals surface area contributed by atoms with Gasteiger partial charge in [-0.25, -0.2) is 0 Å². The number of carbonyl (C=O) groups excluding carboxylic acids is 1. The molecule has 51 heavy (non-hydrogen) atoms. The van der Waals surface area contributed by atoms with Crippen LogP contribution in [0.5, 0.6) is 0 Å². The first-order valence-corrected chi connectivity index (χ1v) is 23.0. The average molecular weight is 745 g/mol. The third-order valence-corrected chi connectivity index (χ3v) is 10.7. The van der Waals surface area contributed by atoms with Gasteiger partial charge in [0, 0.05) is 6.42 Å².